The summed E-state index contributed by atoms with van der Waals surface area (Å²) in [5.41, 5.74) is 0.580. The molecule has 0 aromatic carbocycles. The summed E-state index contributed by atoms with van der Waals surface area (Å²) >= 11 is 0. The van der Waals surface area contributed by atoms with Gasteiger partial charge in [-0.25, -0.2) is 0 Å². The topological polar surface area (TPSA) is 72.5 Å². The van der Waals surface area contributed by atoms with E-state index in [2.05, 4.69) is 15.3 Å². The second-order valence-electron chi connectivity index (χ2n) is 7.05. The number of hydrogen-bond acceptors (Lipinski definition) is 5. The Kier molecular flexibility index (Phi) is 4.35. The van der Waals surface area contributed by atoms with Crippen molar-refractivity contribution in [2.45, 2.75) is 19.6 Å². The van der Waals surface area contributed by atoms with Crippen LogP contribution in [0.4, 0.5) is 0 Å². The van der Waals surface area contributed by atoms with Crippen LogP contribution in [0.2, 0.25) is 0 Å². The summed E-state index contributed by atoms with van der Waals surface area (Å²) in [5.74, 6) is 2.68. The largest absolute Gasteiger partial charge is 0.465 e. The van der Waals surface area contributed by atoms with Crippen LogP contribution in [-0.4, -0.2) is 52.9 Å². The fraction of sp³-hybridized carbons (Fsp3) is 0.556. The van der Waals surface area contributed by atoms with Gasteiger partial charge in [-0.2, -0.15) is 5.10 Å². The number of likely N-dealkylation sites (tertiary alicyclic amines) is 1. The summed E-state index contributed by atoms with van der Waals surface area (Å²) in [7, 11) is 1.77. The number of carbonyl (C=O) groups excluding carboxylic acids is 1. The van der Waals surface area contributed by atoms with Crippen molar-refractivity contribution in [1.29, 1.82) is 0 Å². The number of aryl methyl sites for hydroxylation is 2. The highest BCUT2D eigenvalue weighted by molar-refractivity contribution is 5.92. The number of nitrogens with zero attached hydrogens (tertiary/aromatic N) is 3. The van der Waals surface area contributed by atoms with E-state index < -0.39 is 0 Å². The molecule has 2 fully saturated rings. The minimum atomic E-state index is -0.0793. The molecule has 4 heterocycles. The van der Waals surface area contributed by atoms with Gasteiger partial charge in [-0.15, -0.1) is 0 Å². The van der Waals surface area contributed by atoms with E-state index in [0.29, 0.717) is 30.7 Å². The molecule has 1 amide bonds. The van der Waals surface area contributed by atoms with E-state index in [1.54, 1.807) is 24.0 Å². The average molecular weight is 344 g/mol. The minimum absolute atomic E-state index is 0.0793. The Morgan fingerprint density at radius 2 is 2.24 bits per heavy atom. The molecule has 4 rings (SSSR count). The molecule has 0 unspecified atom stereocenters. The Morgan fingerprint density at radius 3 is 2.96 bits per heavy atom. The first-order valence-electron chi connectivity index (χ1n) is 8.75. The number of amides is 1. The second kappa shape index (κ2) is 6.65. The number of fused-ring (bicyclic) bond motifs is 1. The van der Waals surface area contributed by atoms with Crippen molar-refractivity contribution < 1.29 is 13.9 Å². The molecule has 1 N–H and O–H groups in total. The van der Waals surface area contributed by atoms with Crippen molar-refractivity contribution in [3.8, 4) is 0 Å². The number of furan rings is 1. The fourth-order valence-electron chi connectivity index (χ4n) is 3.92. The zero-order valence-electron chi connectivity index (χ0n) is 14.6. The molecule has 2 saturated heterocycles. The molecular weight excluding hydrogens is 320 g/mol. The lowest BCUT2D eigenvalue weighted by Gasteiger charge is -2.19. The van der Waals surface area contributed by atoms with Crippen molar-refractivity contribution in [1.82, 2.24) is 20.0 Å². The average Bonchev–Trinajstić information content (AvgIpc) is 3.32. The molecule has 3 atom stereocenters. The van der Waals surface area contributed by atoms with Gasteiger partial charge >= 0.3 is 0 Å². The van der Waals surface area contributed by atoms with Gasteiger partial charge in [0.25, 0.3) is 5.91 Å². The molecule has 2 aromatic rings. The third-order valence-corrected chi connectivity index (χ3v) is 5.27. The Bertz CT molecular complexity index is 753. The zero-order chi connectivity index (χ0) is 17.4. The highest BCUT2D eigenvalue weighted by Gasteiger charge is 2.43. The number of ether oxygens (including phenoxy) is 1. The molecule has 2 aliphatic rings. The third-order valence-electron chi connectivity index (χ3n) is 5.27. The van der Waals surface area contributed by atoms with Gasteiger partial charge in [0.2, 0.25) is 0 Å². The van der Waals surface area contributed by atoms with Gasteiger partial charge in [-0.05, 0) is 25.1 Å². The van der Waals surface area contributed by atoms with Crippen LogP contribution in [0.3, 0.4) is 0 Å². The van der Waals surface area contributed by atoms with E-state index in [1.807, 2.05) is 19.1 Å². The molecule has 134 valence electrons. The number of nitrogens with one attached hydrogen (secondary N) is 1. The summed E-state index contributed by atoms with van der Waals surface area (Å²) in [6, 6.07) is 5.77. The van der Waals surface area contributed by atoms with Crippen LogP contribution in [-0.2, 0) is 18.3 Å². The van der Waals surface area contributed by atoms with Gasteiger partial charge in [-0.1, -0.05) is 0 Å². The SMILES string of the molecule is Cc1ccc(CN2C[C@@H]3[C@@H](CNC(=O)c4ccnn4C)CO[C@@H]3C2)o1. The fourth-order valence-corrected chi connectivity index (χ4v) is 3.92. The summed E-state index contributed by atoms with van der Waals surface area (Å²) in [6.07, 6.45) is 1.89. The van der Waals surface area contributed by atoms with Gasteiger partial charge in [0.15, 0.2) is 0 Å². The van der Waals surface area contributed by atoms with Gasteiger partial charge in [0.1, 0.15) is 17.2 Å². The van der Waals surface area contributed by atoms with E-state index in [1.165, 1.54) is 0 Å². The molecule has 0 saturated carbocycles. The normalized spacial score (nSPS) is 26.1. The van der Waals surface area contributed by atoms with Crippen LogP contribution < -0.4 is 5.32 Å². The molecule has 7 nitrogen and oxygen atoms in total. The molecule has 0 bridgehead atoms. The minimum Gasteiger partial charge on any atom is -0.465 e. The molecular formula is C18H24N4O3. The van der Waals surface area contributed by atoms with Crippen LogP contribution in [0.5, 0.6) is 0 Å². The predicted octanol–water partition coefficient (Wildman–Crippen LogP) is 1.20. The summed E-state index contributed by atoms with van der Waals surface area (Å²) in [4.78, 5) is 14.6. The lowest BCUT2D eigenvalue weighted by Crippen LogP contribution is -2.35. The summed E-state index contributed by atoms with van der Waals surface area (Å²) in [6.45, 7) is 6.05. The lowest BCUT2D eigenvalue weighted by molar-refractivity contribution is 0.0893. The third kappa shape index (κ3) is 3.34. The van der Waals surface area contributed by atoms with Crippen LogP contribution >= 0.6 is 0 Å². The predicted molar refractivity (Wildman–Crippen MR) is 91.0 cm³/mol. The van der Waals surface area contributed by atoms with Crippen LogP contribution in [0.25, 0.3) is 0 Å². The van der Waals surface area contributed by atoms with Gasteiger partial charge < -0.3 is 14.5 Å². The molecule has 0 aliphatic carbocycles. The number of aromatic nitrogens is 2. The molecule has 2 aromatic heterocycles. The smallest absolute Gasteiger partial charge is 0.269 e. The van der Waals surface area contributed by atoms with Crippen molar-refractivity contribution in [2.24, 2.45) is 18.9 Å². The zero-order valence-corrected chi connectivity index (χ0v) is 14.6. The number of hydrogen-bond donors (Lipinski definition) is 1. The van der Waals surface area contributed by atoms with Crippen LogP contribution in [0.1, 0.15) is 22.0 Å². The monoisotopic (exact) mass is 344 g/mol. The molecule has 0 radical (unpaired) electrons. The number of carbonyl (C=O) groups is 1. The van der Waals surface area contributed by atoms with E-state index >= 15 is 0 Å². The molecule has 0 spiro atoms. The molecule has 2 aliphatic heterocycles. The number of rotatable bonds is 5. The highest BCUT2D eigenvalue weighted by atomic mass is 16.5. The van der Waals surface area contributed by atoms with E-state index in [0.717, 1.165) is 31.2 Å². The van der Waals surface area contributed by atoms with Gasteiger partial charge in [0.05, 0.1) is 19.3 Å². The van der Waals surface area contributed by atoms with Crippen molar-refractivity contribution in [2.75, 3.05) is 26.2 Å². The van der Waals surface area contributed by atoms with Crippen LogP contribution in [0, 0.1) is 18.8 Å². The Labute approximate surface area is 146 Å². The first kappa shape index (κ1) is 16.4. The van der Waals surface area contributed by atoms with E-state index in [9.17, 15) is 4.79 Å². The lowest BCUT2D eigenvalue weighted by atomic mass is 9.93. The second-order valence-corrected chi connectivity index (χ2v) is 7.05. The van der Waals surface area contributed by atoms with Gasteiger partial charge in [0, 0.05) is 44.7 Å². The van der Waals surface area contributed by atoms with Gasteiger partial charge in [-0.3, -0.25) is 14.4 Å². The standard InChI is InChI=1S/C18H24N4O3/c1-12-3-4-14(25-12)8-22-9-15-13(11-24-17(15)10-22)7-19-18(23)16-5-6-20-21(16)2/h3-6,13,15,17H,7-11H2,1-2H3,(H,19,23)/t13-,15+,17+/m0/s1. The summed E-state index contributed by atoms with van der Waals surface area (Å²) in [5, 5.41) is 7.07. The Balaban J connectivity index is 1.31. The first-order valence-corrected chi connectivity index (χ1v) is 8.75. The maximum atomic E-state index is 12.2. The van der Waals surface area contributed by atoms with E-state index in [4.69, 9.17) is 9.15 Å². The van der Waals surface area contributed by atoms with Crippen LogP contribution in [0.15, 0.2) is 28.8 Å². The molecule has 7 heteroatoms. The maximum Gasteiger partial charge on any atom is 0.269 e. The summed E-state index contributed by atoms with van der Waals surface area (Å²) < 4.78 is 13.2. The Morgan fingerprint density at radius 1 is 1.36 bits per heavy atom. The van der Waals surface area contributed by atoms with E-state index in [-0.39, 0.29) is 12.0 Å². The van der Waals surface area contributed by atoms with Crippen molar-refractivity contribution in [3.05, 3.63) is 41.6 Å². The van der Waals surface area contributed by atoms with Crippen molar-refractivity contribution in [3.63, 3.8) is 0 Å². The highest BCUT2D eigenvalue weighted by Crippen LogP contribution is 2.34. The maximum absolute atomic E-state index is 12.2. The quantitative estimate of drug-likeness (QED) is 0.882. The Hall–Kier alpha value is -2.12. The first-order chi connectivity index (χ1) is 12.1. The molecule has 25 heavy (non-hydrogen) atoms. The van der Waals surface area contributed by atoms with Crippen molar-refractivity contribution >= 4 is 5.91 Å².